The number of rotatable bonds is 6. The van der Waals surface area contributed by atoms with Gasteiger partial charge in [-0.2, -0.15) is 0 Å². The van der Waals surface area contributed by atoms with Gasteiger partial charge in [-0.15, -0.1) is 10.2 Å². The summed E-state index contributed by atoms with van der Waals surface area (Å²) in [4.78, 5) is 12.6. The van der Waals surface area contributed by atoms with Crippen LogP contribution in [0, 0.1) is 0 Å². The number of thioether (sulfide) groups is 1. The Hall–Kier alpha value is -3.29. The van der Waals surface area contributed by atoms with Crippen LogP contribution in [0.1, 0.15) is 10.4 Å². The van der Waals surface area contributed by atoms with Crippen molar-refractivity contribution in [1.82, 2.24) is 14.8 Å². The number of halogens is 1. The minimum Gasteiger partial charge on any atom is -0.504 e. The predicted molar refractivity (Wildman–Crippen MR) is 117 cm³/mol. The van der Waals surface area contributed by atoms with Crippen molar-refractivity contribution >= 4 is 29.1 Å². The van der Waals surface area contributed by atoms with Gasteiger partial charge >= 0.3 is 0 Å². The molecule has 1 aromatic heterocycles. The lowest BCUT2D eigenvalue weighted by atomic mass is 10.1. The normalized spacial score (nSPS) is 10.8. The summed E-state index contributed by atoms with van der Waals surface area (Å²) < 4.78 is 1.87. The SMILES string of the molecule is O=C(CSc1nnc(-c2ccccc2)n1-c1ccc(Cl)cc1)c1ccc(O)c(O)c1. The maximum absolute atomic E-state index is 12.6. The molecule has 2 N–H and O–H groups in total. The number of ketones is 1. The van der Waals surface area contributed by atoms with Crippen LogP contribution in [0.15, 0.2) is 78.0 Å². The molecule has 0 fully saturated rings. The van der Waals surface area contributed by atoms with Gasteiger partial charge in [-0.25, -0.2) is 0 Å². The highest BCUT2D eigenvalue weighted by atomic mass is 35.5. The lowest BCUT2D eigenvalue weighted by Crippen LogP contribution is -2.05. The summed E-state index contributed by atoms with van der Waals surface area (Å²) in [7, 11) is 0. The van der Waals surface area contributed by atoms with E-state index in [0.717, 1.165) is 11.3 Å². The molecule has 6 nitrogen and oxygen atoms in total. The molecule has 0 aliphatic rings. The van der Waals surface area contributed by atoms with E-state index >= 15 is 0 Å². The zero-order valence-corrected chi connectivity index (χ0v) is 17.1. The molecule has 0 saturated heterocycles. The first-order valence-electron chi connectivity index (χ1n) is 8.97. The molecular weight excluding hydrogens is 422 g/mol. The second-order valence-electron chi connectivity index (χ2n) is 6.40. The van der Waals surface area contributed by atoms with E-state index in [1.54, 1.807) is 12.1 Å². The second-order valence-corrected chi connectivity index (χ2v) is 7.78. The quantitative estimate of drug-likeness (QED) is 0.251. The molecule has 150 valence electrons. The van der Waals surface area contributed by atoms with Crippen LogP contribution >= 0.6 is 23.4 Å². The minimum absolute atomic E-state index is 0.0880. The number of phenolic OH excluding ortho intramolecular Hbond substituents is 2. The van der Waals surface area contributed by atoms with E-state index in [2.05, 4.69) is 10.2 Å². The van der Waals surface area contributed by atoms with Crippen molar-refractivity contribution in [2.24, 2.45) is 0 Å². The fourth-order valence-corrected chi connectivity index (χ4v) is 3.84. The number of benzene rings is 3. The summed E-state index contributed by atoms with van der Waals surface area (Å²) in [6.07, 6.45) is 0. The van der Waals surface area contributed by atoms with Gasteiger partial charge in [-0.1, -0.05) is 53.7 Å². The molecule has 4 rings (SSSR count). The topological polar surface area (TPSA) is 88.2 Å². The molecule has 8 heteroatoms. The highest BCUT2D eigenvalue weighted by molar-refractivity contribution is 7.99. The van der Waals surface area contributed by atoms with Gasteiger partial charge in [0.25, 0.3) is 0 Å². The smallest absolute Gasteiger partial charge is 0.196 e. The summed E-state index contributed by atoms with van der Waals surface area (Å²) in [5.74, 6) is -0.0711. The number of hydrogen-bond donors (Lipinski definition) is 2. The lowest BCUT2D eigenvalue weighted by Gasteiger charge is -2.10. The van der Waals surface area contributed by atoms with Gasteiger partial charge in [-0.05, 0) is 42.5 Å². The van der Waals surface area contributed by atoms with E-state index in [1.807, 2.05) is 47.0 Å². The Labute approximate surface area is 181 Å². The number of phenols is 2. The van der Waals surface area contributed by atoms with Crippen LogP contribution in [-0.4, -0.2) is 36.5 Å². The van der Waals surface area contributed by atoms with Crippen LogP contribution in [0.2, 0.25) is 5.02 Å². The first-order valence-corrected chi connectivity index (χ1v) is 10.3. The third-order valence-electron chi connectivity index (χ3n) is 4.38. The summed E-state index contributed by atoms with van der Waals surface area (Å²) in [6, 6.07) is 20.9. The molecule has 0 aliphatic carbocycles. The van der Waals surface area contributed by atoms with Gasteiger partial charge in [0.1, 0.15) is 0 Å². The van der Waals surface area contributed by atoms with Gasteiger partial charge in [-0.3, -0.25) is 9.36 Å². The molecule has 0 unspecified atom stereocenters. The molecule has 0 atom stereocenters. The summed E-state index contributed by atoms with van der Waals surface area (Å²) in [6.45, 7) is 0. The molecule has 0 aliphatic heterocycles. The molecule has 0 spiro atoms. The van der Waals surface area contributed by atoms with E-state index in [-0.39, 0.29) is 23.0 Å². The Morgan fingerprint density at radius 3 is 2.37 bits per heavy atom. The number of carbonyl (C=O) groups is 1. The average molecular weight is 438 g/mol. The second kappa shape index (κ2) is 8.61. The Morgan fingerprint density at radius 1 is 0.933 bits per heavy atom. The number of aromatic nitrogens is 3. The Balaban J connectivity index is 1.66. The third kappa shape index (κ3) is 4.17. The minimum atomic E-state index is -0.332. The highest BCUT2D eigenvalue weighted by Crippen LogP contribution is 2.30. The molecule has 0 bridgehead atoms. The van der Waals surface area contributed by atoms with E-state index < -0.39 is 0 Å². The van der Waals surface area contributed by atoms with Crippen molar-refractivity contribution < 1.29 is 15.0 Å². The van der Waals surface area contributed by atoms with E-state index in [1.165, 1.54) is 30.0 Å². The van der Waals surface area contributed by atoms with Gasteiger partial charge < -0.3 is 10.2 Å². The Bertz CT molecular complexity index is 1190. The number of nitrogens with zero attached hydrogens (tertiary/aromatic N) is 3. The van der Waals surface area contributed by atoms with Crippen molar-refractivity contribution in [3.63, 3.8) is 0 Å². The maximum atomic E-state index is 12.6. The largest absolute Gasteiger partial charge is 0.504 e. The molecule has 0 saturated carbocycles. The molecule has 1 heterocycles. The van der Waals surface area contributed by atoms with Crippen LogP contribution in [0.4, 0.5) is 0 Å². The molecule has 3 aromatic carbocycles. The fourth-order valence-electron chi connectivity index (χ4n) is 2.87. The van der Waals surface area contributed by atoms with Crippen molar-refractivity contribution in [2.45, 2.75) is 5.16 Å². The molecule has 30 heavy (non-hydrogen) atoms. The average Bonchev–Trinajstić information content (AvgIpc) is 3.19. The molecule has 0 amide bonds. The molecule has 0 radical (unpaired) electrons. The van der Waals surface area contributed by atoms with E-state index in [4.69, 9.17) is 11.6 Å². The summed E-state index contributed by atoms with van der Waals surface area (Å²) in [5, 5.41) is 28.9. The van der Waals surface area contributed by atoms with Gasteiger partial charge in [0.15, 0.2) is 28.3 Å². The van der Waals surface area contributed by atoms with Crippen LogP contribution in [0.5, 0.6) is 11.5 Å². The number of carbonyl (C=O) groups excluding carboxylic acids is 1. The van der Waals surface area contributed by atoms with Gasteiger partial charge in [0.05, 0.1) is 5.75 Å². The first kappa shape index (κ1) is 20.0. The summed E-state index contributed by atoms with van der Waals surface area (Å²) >= 11 is 7.27. The molecular formula is C22H16ClN3O3S. The monoisotopic (exact) mass is 437 g/mol. The zero-order chi connectivity index (χ0) is 21.1. The van der Waals surface area contributed by atoms with Crippen LogP contribution < -0.4 is 0 Å². The van der Waals surface area contributed by atoms with Gasteiger partial charge in [0.2, 0.25) is 0 Å². The van der Waals surface area contributed by atoms with Crippen LogP contribution in [-0.2, 0) is 0 Å². The van der Waals surface area contributed by atoms with Crippen molar-refractivity contribution in [3.05, 3.63) is 83.4 Å². The third-order valence-corrected chi connectivity index (χ3v) is 5.56. The Kier molecular flexibility index (Phi) is 5.74. The zero-order valence-electron chi connectivity index (χ0n) is 15.6. The standard InChI is InChI=1S/C22H16ClN3O3S/c23-16-7-9-17(10-8-16)26-21(14-4-2-1-3-5-14)24-25-22(26)30-13-20(29)15-6-11-18(27)19(28)12-15/h1-12,27-28H,13H2. The lowest BCUT2D eigenvalue weighted by molar-refractivity contribution is 0.102. The van der Waals surface area contributed by atoms with Crippen LogP contribution in [0.25, 0.3) is 17.1 Å². The Morgan fingerprint density at radius 2 is 1.67 bits per heavy atom. The number of Topliss-reactive ketones (excluding diaryl/α,β-unsaturated/α-hetero) is 1. The van der Waals surface area contributed by atoms with Crippen molar-refractivity contribution in [1.29, 1.82) is 0 Å². The predicted octanol–water partition coefficient (Wildman–Crippen LogP) is 4.97. The first-order chi connectivity index (χ1) is 14.5. The number of hydrogen-bond acceptors (Lipinski definition) is 6. The number of aromatic hydroxyl groups is 2. The fraction of sp³-hybridized carbons (Fsp3) is 0.0455. The van der Waals surface area contributed by atoms with Crippen molar-refractivity contribution in [2.75, 3.05) is 5.75 Å². The summed E-state index contributed by atoms with van der Waals surface area (Å²) in [5.41, 5.74) is 2.01. The van der Waals surface area contributed by atoms with E-state index in [0.29, 0.717) is 21.6 Å². The highest BCUT2D eigenvalue weighted by Gasteiger charge is 2.18. The van der Waals surface area contributed by atoms with Crippen LogP contribution in [0.3, 0.4) is 0 Å². The molecule has 4 aromatic rings. The van der Waals surface area contributed by atoms with E-state index in [9.17, 15) is 15.0 Å². The maximum Gasteiger partial charge on any atom is 0.196 e. The van der Waals surface area contributed by atoms with Crippen molar-refractivity contribution in [3.8, 4) is 28.6 Å². The van der Waals surface area contributed by atoms with Gasteiger partial charge in [0, 0.05) is 21.8 Å².